The molecule has 0 spiro atoms. The summed E-state index contributed by atoms with van der Waals surface area (Å²) in [6.45, 7) is 0.646. The number of aromatic nitrogens is 3. The molecule has 4 N–H and O–H groups in total. The van der Waals surface area contributed by atoms with Crippen molar-refractivity contribution >= 4 is 39.7 Å². The van der Waals surface area contributed by atoms with E-state index in [1.165, 1.54) is 5.56 Å². The Morgan fingerprint density at radius 3 is 2.88 bits per heavy atom. The van der Waals surface area contributed by atoms with Gasteiger partial charge in [0.05, 0.1) is 22.1 Å². The molecule has 132 valence electrons. The molecule has 2 aromatic carbocycles. The van der Waals surface area contributed by atoms with E-state index in [-0.39, 0.29) is 6.04 Å². The predicted molar refractivity (Wildman–Crippen MR) is 109 cm³/mol. The molecule has 0 aliphatic heterocycles. The fourth-order valence-corrected chi connectivity index (χ4v) is 3.77. The van der Waals surface area contributed by atoms with Crippen molar-refractivity contribution in [3.05, 3.63) is 64.8 Å². The average Bonchev–Trinajstić information content (AvgIpc) is 3.30. The van der Waals surface area contributed by atoms with E-state index in [2.05, 4.69) is 32.6 Å². The van der Waals surface area contributed by atoms with Crippen LogP contribution < -0.4 is 11.1 Å². The van der Waals surface area contributed by atoms with Gasteiger partial charge < -0.3 is 11.1 Å². The van der Waals surface area contributed by atoms with Crippen LogP contribution in [0.3, 0.4) is 0 Å². The molecular weight excluding hydrogens is 366 g/mol. The molecule has 0 bridgehead atoms. The van der Waals surface area contributed by atoms with Crippen LogP contribution in [0.2, 0.25) is 5.02 Å². The summed E-state index contributed by atoms with van der Waals surface area (Å²) in [5.74, 6) is 0.865. The van der Waals surface area contributed by atoms with Crippen molar-refractivity contribution in [3.63, 3.8) is 0 Å². The van der Waals surface area contributed by atoms with E-state index < -0.39 is 0 Å². The fraction of sp³-hybridized carbons (Fsp3) is 0.158. The summed E-state index contributed by atoms with van der Waals surface area (Å²) in [6, 6.07) is 14.0. The molecule has 5 nitrogen and oxygen atoms in total. The Bertz CT molecular complexity index is 1010. The summed E-state index contributed by atoms with van der Waals surface area (Å²) in [6.07, 6.45) is 2.61. The molecule has 0 radical (unpaired) electrons. The van der Waals surface area contributed by atoms with Gasteiger partial charge in [0.1, 0.15) is 5.82 Å². The highest BCUT2D eigenvalue weighted by Crippen LogP contribution is 2.33. The fourth-order valence-electron chi connectivity index (χ4n) is 2.88. The Hall–Kier alpha value is -2.41. The quantitative estimate of drug-likeness (QED) is 0.463. The van der Waals surface area contributed by atoms with Crippen LogP contribution in [0.5, 0.6) is 0 Å². The van der Waals surface area contributed by atoms with Gasteiger partial charge >= 0.3 is 0 Å². The van der Waals surface area contributed by atoms with E-state index in [0.717, 1.165) is 38.6 Å². The largest absolute Gasteiger partial charge is 0.367 e. The highest BCUT2D eigenvalue weighted by molar-refractivity contribution is 7.13. The number of H-pyrrole nitrogens is 1. The SMILES string of the molecule is NC(CNc1ncsc1-c1ccc2[nH]ncc2c1)Cc1ccc(Cl)cc1. The van der Waals surface area contributed by atoms with Crippen molar-refractivity contribution < 1.29 is 0 Å². The van der Waals surface area contributed by atoms with E-state index >= 15 is 0 Å². The molecule has 1 atom stereocenters. The molecule has 2 aromatic heterocycles. The number of rotatable bonds is 6. The van der Waals surface area contributed by atoms with Crippen LogP contribution >= 0.6 is 22.9 Å². The van der Waals surface area contributed by atoms with E-state index in [9.17, 15) is 0 Å². The lowest BCUT2D eigenvalue weighted by Gasteiger charge is -2.13. The molecule has 0 aliphatic rings. The number of nitrogens with zero attached hydrogens (tertiary/aromatic N) is 2. The third-order valence-corrected chi connectivity index (χ3v) is 5.34. The van der Waals surface area contributed by atoms with Crippen LogP contribution in [0, 0.1) is 0 Å². The maximum absolute atomic E-state index is 6.28. The van der Waals surface area contributed by atoms with Crippen LogP contribution in [0.15, 0.2) is 54.2 Å². The Morgan fingerprint density at radius 1 is 1.19 bits per heavy atom. The predicted octanol–water partition coefficient (Wildman–Crippen LogP) is 4.32. The zero-order valence-electron chi connectivity index (χ0n) is 13.9. The van der Waals surface area contributed by atoms with Crippen molar-refractivity contribution in [2.24, 2.45) is 5.73 Å². The Balaban J connectivity index is 1.44. The average molecular weight is 384 g/mol. The van der Waals surface area contributed by atoms with E-state index in [1.54, 1.807) is 11.3 Å². The van der Waals surface area contributed by atoms with Crippen LogP contribution in [0.25, 0.3) is 21.3 Å². The summed E-state index contributed by atoms with van der Waals surface area (Å²) in [4.78, 5) is 5.57. The molecule has 4 aromatic rings. The van der Waals surface area contributed by atoms with Crippen LogP contribution in [-0.4, -0.2) is 27.8 Å². The van der Waals surface area contributed by atoms with Crippen LogP contribution in [0.4, 0.5) is 5.82 Å². The van der Waals surface area contributed by atoms with Crippen molar-refractivity contribution in [1.29, 1.82) is 0 Å². The van der Waals surface area contributed by atoms with Crippen LogP contribution in [-0.2, 0) is 6.42 Å². The lowest BCUT2D eigenvalue weighted by molar-refractivity contribution is 0.698. The van der Waals surface area contributed by atoms with Crippen molar-refractivity contribution in [2.75, 3.05) is 11.9 Å². The van der Waals surface area contributed by atoms with E-state index in [4.69, 9.17) is 17.3 Å². The first-order valence-corrected chi connectivity index (χ1v) is 9.56. The molecule has 0 aliphatic carbocycles. The first-order chi connectivity index (χ1) is 12.7. The molecule has 2 heterocycles. The van der Waals surface area contributed by atoms with Gasteiger partial charge in [0.2, 0.25) is 0 Å². The van der Waals surface area contributed by atoms with Gasteiger partial charge in [-0.15, -0.1) is 11.3 Å². The van der Waals surface area contributed by atoms with Gasteiger partial charge in [-0.05, 0) is 41.8 Å². The monoisotopic (exact) mass is 383 g/mol. The minimum Gasteiger partial charge on any atom is -0.367 e. The normalized spacial score (nSPS) is 12.4. The first kappa shape index (κ1) is 17.0. The summed E-state index contributed by atoms with van der Waals surface area (Å²) < 4.78 is 0. The Labute approximate surface area is 160 Å². The minimum absolute atomic E-state index is 0.0120. The van der Waals surface area contributed by atoms with Crippen molar-refractivity contribution in [3.8, 4) is 10.4 Å². The molecule has 0 saturated carbocycles. The van der Waals surface area contributed by atoms with Crippen molar-refractivity contribution in [1.82, 2.24) is 15.2 Å². The maximum Gasteiger partial charge on any atom is 0.145 e. The number of hydrogen-bond acceptors (Lipinski definition) is 5. The molecule has 26 heavy (non-hydrogen) atoms. The van der Waals surface area contributed by atoms with E-state index in [0.29, 0.717) is 6.54 Å². The van der Waals surface area contributed by atoms with E-state index in [1.807, 2.05) is 42.0 Å². The number of anilines is 1. The summed E-state index contributed by atoms with van der Waals surface area (Å²) in [5, 5.41) is 12.3. The standard InChI is InChI=1S/C19H18ClN5S/c20-15-4-1-12(2-5-15)7-16(21)10-22-19-18(26-11-23-19)13-3-6-17-14(8-13)9-24-25-17/h1-6,8-9,11,16,22H,7,10,21H2,(H,24,25). The highest BCUT2D eigenvalue weighted by atomic mass is 35.5. The first-order valence-electron chi connectivity index (χ1n) is 8.30. The second-order valence-corrected chi connectivity index (χ2v) is 7.46. The molecule has 0 saturated heterocycles. The second kappa shape index (κ2) is 7.45. The zero-order valence-corrected chi connectivity index (χ0v) is 15.5. The third-order valence-electron chi connectivity index (χ3n) is 4.21. The number of fused-ring (bicyclic) bond motifs is 1. The third kappa shape index (κ3) is 3.72. The van der Waals surface area contributed by atoms with Gasteiger partial charge in [-0.2, -0.15) is 5.10 Å². The summed E-state index contributed by atoms with van der Waals surface area (Å²) in [5.41, 5.74) is 11.4. The molecule has 7 heteroatoms. The van der Waals surface area contributed by atoms with Gasteiger partial charge in [-0.3, -0.25) is 5.10 Å². The van der Waals surface area contributed by atoms with Crippen molar-refractivity contribution in [2.45, 2.75) is 12.5 Å². The summed E-state index contributed by atoms with van der Waals surface area (Å²) >= 11 is 7.54. The Morgan fingerprint density at radius 2 is 2.04 bits per heavy atom. The Kier molecular flexibility index (Phi) is 4.88. The second-order valence-electron chi connectivity index (χ2n) is 6.17. The van der Waals surface area contributed by atoms with Gasteiger partial charge in [0.15, 0.2) is 0 Å². The molecule has 1 unspecified atom stereocenters. The molecule has 0 fully saturated rings. The summed E-state index contributed by atoms with van der Waals surface area (Å²) in [7, 11) is 0. The molecular formula is C19H18ClN5S. The lowest BCUT2D eigenvalue weighted by Crippen LogP contribution is -2.31. The topological polar surface area (TPSA) is 79.6 Å². The number of nitrogens with one attached hydrogen (secondary N) is 2. The highest BCUT2D eigenvalue weighted by Gasteiger charge is 2.11. The number of hydrogen-bond donors (Lipinski definition) is 3. The van der Waals surface area contributed by atoms with Gasteiger partial charge in [-0.25, -0.2) is 4.98 Å². The van der Waals surface area contributed by atoms with Crippen LogP contribution in [0.1, 0.15) is 5.56 Å². The number of halogens is 1. The number of aromatic amines is 1. The molecule has 0 amide bonds. The lowest BCUT2D eigenvalue weighted by atomic mass is 10.1. The number of benzene rings is 2. The zero-order chi connectivity index (χ0) is 17.9. The smallest absolute Gasteiger partial charge is 0.145 e. The van der Waals surface area contributed by atoms with Gasteiger partial charge in [0, 0.05) is 23.0 Å². The number of thiazole rings is 1. The number of nitrogens with two attached hydrogens (primary N) is 1. The maximum atomic E-state index is 6.28. The molecule has 4 rings (SSSR count). The van der Waals surface area contributed by atoms with Gasteiger partial charge in [-0.1, -0.05) is 29.8 Å². The minimum atomic E-state index is -0.0120. The van der Waals surface area contributed by atoms with Gasteiger partial charge in [0.25, 0.3) is 0 Å².